The first-order chi connectivity index (χ1) is 10.5. The van der Waals surface area contributed by atoms with Crippen LogP contribution in [0, 0.1) is 0 Å². The third kappa shape index (κ3) is 2.29. The topological polar surface area (TPSA) is 18.5 Å². The van der Waals surface area contributed by atoms with Crippen molar-refractivity contribution in [2.45, 2.75) is 44.8 Å². The highest BCUT2D eigenvalue weighted by atomic mass is 16.6. The van der Waals surface area contributed by atoms with E-state index in [1.807, 2.05) is 0 Å². The summed E-state index contributed by atoms with van der Waals surface area (Å²) in [5.74, 6) is 2.19. The summed E-state index contributed by atoms with van der Waals surface area (Å²) in [6.45, 7) is 6.65. The van der Waals surface area contributed by atoms with Crippen molar-refractivity contribution in [1.82, 2.24) is 0 Å². The van der Waals surface area contributed by atoms with Crippen LogP contribution in [-0.4, -0.2) is 7.12 Å². The molecule has 2 nitrogen and oxygen atoms in total. The van der Waals surface area contributed by atoms with Gasteiger partial charge in [0.15, 0.2) is 0 Å². The lowest BCUT2D eigenvalue weighted by Crippen LogP contribution is -2.31. The van der Waals surface area contributed by atoms with Gasteiger partial charge in [-0.3, -0.25) is 0 Å². The number of fused-ring (bicyclic) bond motifs is 2. The molecule has 0 saturated carbocycles. The molecular weight excluding hydrogens is 271 g/mol. The average molecular weight is 292 g/mol. The number of hydrogen-bond acceptors (Lipinski definition) is 2. The van der Waals surface area contributed by atoms with E-state index in [4.69, 9.17) is 9.31 Å². The van der Waals surface area contributed by atoms with Crippen LogP contribution in [0.4, 0.5) is 0 Å². The van der Waals surface area contributed by atoms with Crippen molar-refractivity contribution in [2.24, 2.45) is 0 Å². The first-order valence-electron chi connectivity index (χ1n) is 8.05. The second-order valence-corrected chi connectivity index (χ2v) is 7.45. The molecule has 0 atom stereocenters. The van der Waals surface area contributed by atoms with E-state index in [-0.39, 0.29) is 12.5 Å². The molecule has 2 aliphatic rings. The summed E-state index contributed by atoms with van der Waals surface area (Å²) in [5.41, 5.74) is 4.28. The summed E-state index contributed by atoms with van der Waals surface area (Å²) < 4.78 is 12.2. The Morgan fingerprint density at radius 1 is 0.909 bits per heavy atom. The van der Waals surface area contributed by atoms with Gasteiger partial charge < -0.3 is 9.31 Å². The molecule has 0 amide bonds. The summed E-state index contributed by atoms with van der Waals surface area (Å²) in [6, 6.07) is 15.0. The van der Waals surface area contributed by atoms with Crippen LogP contribution >= 0.6 is 0 Å². The minimum atomic E-state index is -0.155. The zero-order chi connectivity index (χ0) is 15.3. The van der Waals surface area contributed by atoms with Crippen molar-refractivity contribution >= 4 is 7.12 Å². The lowest BCUT2D eigenvalue weighted by Gasteiger charge is -2.19. The first-order valence-corrected chi connectivity index (χ1v) is 8.05. The monoisotopic (exact) mass is 292 g/mol. The average Bonchev–Trinajstić information content (AvgIpc) is 3.08. The fourth-order valence-corrected chi connectivity index (χ4v) is 3.42. The Balaban J connectivity index is 1.54. The minimum absolute atomic E-state index is 0.125. The standard InChI is InChI=1S/C19H21BO2/c1-19(2,3)15-8-9-17-18(12-15)22-20(21-17)16-10-13-6-4-5-7-14(13)11-16/h4-9,12,16H,10-11H2,1-3H3. The second kappa shape index (κ2) is 4.80. The maximum atomic E-state index is 6.14. The molecule has 1 heterocycles. The van der Waals surface area contributed by atoms with Gasteiger partial charge in [0.1, 0.15) is 11.5 Å². The van der Waals surface area contributed by atoms with Crippen molar-refractivity contribution in [3.63, 3.8) is 0 Å². The smallest absolute Gasteiger partial charge is 0.523 e. The summed E-state index contributed by atoms with van der Waals surface area (Å²) in [6.07, 6.45) is 2.09. The molecule has 0 saturated heterocycles. The highest BCUT2D eigenvalue weighted by molar-refractivity contribution is 6.49. The van der Waals surface area contributed by atoms with Gasteiger partial charge >= 0.3 is 7.12 Å². The minimum Gasteiger partial charge on any atom is -0.523 e. The molecule has 2 aromatic rings. The Morgan fingerprint density at radius 3 is 2.18 bits per heavy atom. The van der Waals surface area contributed by atoms with Crippen LogP contribution in [0.25, 0.3) is 0 Å². The van der Waals surface area contributed by atoms with Crippen molar-refractivity contribution in [3.05, 3.63) is 59.2 Å². The van der Waals surface area contributed by atoms with E-state index in [9.17, 15) is 0 Å². The van der Waals surface area contributed by atoms with E-state index in [1.54, 1.807) is 0 Å². The maximum absolute atomic E-state index is 6.14. The van der Waals surface area contributed by atoms with Crippen LogP contribution in [0.15, 0.2) is 42.5 Å². The Hall–Kier alpha value is -1.90. The van der Waals surface area contributed by atoms with E-state index in [0.29, 0.717) is 5.82 Å². The van der Waals surface area contributed by atoms with E-state index in [1.165, 1.54) is 16.7 Å². The van der Waals surface area contributed by atoms with Gasteiger partial charge in [-0.05, 0) is 47.1 Å². The quantitative estimate of drug-likeness (QED) is 0.725. The van der Waals surface area contributed by atoms with Crippen molar-refractivity contribution in [3.8, 4) is 11.5 Å². The summed E-state index contributed by atoms with van der Waals surface area (Å²) in [5, 5.41) is 0. The Labute approximate surface area is 132 Å². The molecule has 0 N–H and O–H groups in total. The van der Waals surface area contributed by atoms with Gasteiger partial charge in [0, 0.05) is 5.82 Å². The van der Waals surface area contributed by atoms with Crippen LogP contribution in [-0.2, 0) is 18.3 Å². The summed E-state index contributed by atoms with van der Waals surface area (Å²) in [4.78, 5) is 0. The lowest BCUT2D eigenvalue weighted by atomic mass is 9.70. The van der Waals surface area contributed by atoms with E-state index in [2.05, 4.69) is 63.2 Å². The van der Waals surface area contributed by atoms with Gasteiger partial charge in [0.05, 0.1) is 0 Å². The second-order valence-electron chi connectivity index (χ2n) is 7.45. The van der Waals surface area contributed by atoms with Gasteiger partial charge in [-0.1, -0.05) is 51.1 Å². The van der Waals surface area contributed by atoms with Crippen LogP contribution in [0.3, 0.4) is 0 Å². The number of rotatable bonds is 1. The third-order valence-corrected chi connectivity index (χ3v) is 4.76. The van der Waals surface area contributed by atoms with Crippen LogP contribution in [0.2, 0.25) is 5.82 Å². The Bertz CT molecular complexity index is 693. The Kier molecular flexibility index (Phi) is 3.00. The van der Waals surface area contributed by atoms with Crippen LogP contribution < -0.4 is 9.31 Å². The first kappa shape index (κ1) is 13.7. The van der Waals surface area contributed by atoms with E-state index < -0.39 is 0 Å². The molecule has 0 aromatic heterocycles. The molecule has 112 valence electrons. The predicted molar refractivity (Wildman–Crippen MR) is 89.8 cm³/mol. The fourth-order valence-electron chi connectivity index (χ4n) is 3.42. The molecule has 0 radical (unpaired) electrons. The largest absolute Gasteiger partial charge is 0.598 e. The van der Waals surface area contributed by atoms with Gasteiger partial charge in [0.25, 0.3) is 0 Å². The van der Waals surface area contributed by atoms with Gasteiger partial charge in [-0.25, -0.2) is 0 Å². The molecule has 0 spiro atoms. The molecular formula is C19H21BO2. The van der Waals surface area contributed by atoms with E-state index in [0.717, 1.165) is 24.3 Å². The van der Waals surface area contributed by atoms with Gasteiger partial charge in [-0.15, -0.1) is 0 Å². The molecule has 4 rings (SSSR count). The van der Waals surface area contributed by atoms with Gasteiger partial charge in [0.2, 0.25) is 0 Å². The molecule has 2 aromatic carbocycles. The number of benzene rings is 2. The number of hydrogen-bond donors (Lipinski definition) is 0. The predicted octanol–water partition coefficient (Wildman–Crippen LogP) is 4.41. The van der Waals surface area contributed by atoms with Crippen molar-refractivity contribution in [2.75, 3.05) is 0 Å². The molecule has 0 bridgehead atoms. The van der Waals surface area contributed by atoms with Crippen LogP contribution in [0.1, 0.15) is 37.5 Å². The zero-order valence-electron chi connectivity index (χ0n) is 13.4. The molecule has 3 heteroatoms. The van der Waals surface area contributed by atoms with Crippen molar-refractivity contribution < 1.29 is 9.31 Å². The zero-order valence-corrected chi connectivity index (χ0v) is 13.4. The summed E-state index contributed by atoms with van der Waals surface area (Å²) >= 11 is 0. The summed E-state index contributed by atoms with van der Waals surface area (Å²) in [7, 11) is -0.155. The Morgan fingerprint density at radius 2 is 1.55 bits per heavy atom. The fraction of sp³-hybridized carbons (Fsp3) is 0.368. The maximum Gasteiger partial charge on any atom is 0.598 e. The van der Waals surface area contributed by atoms with E-state index >= 15 is 0 Å². The third-order valence-electron chi connectivity index (χ3n) is 4.76. The van der Waals surface area contributed by atoms with Gasteiger partial charge in [-0.2, -0.15) is 0 Å². The molecule has 1 aliphatic carbocycles. The molecule has 1 aliphatic heterocycles. The highest BCUT2D eigenvalue weighted by Crippen LogP contribution is 2.42. The molecule has 22 heavy (non-hydrogen) atoms. The molecule has 0 fully saturated rings. The lowest BCUT2D eigenvalue weighted by molar-refractivity contribution is 0.470. The normalized spacial score (nSPS) is 17.0. The van der Waals surface area contributed by atoms with Crippen molar-refractivity contribution in [1.29, 1.82) is 0 Å². The SMILES string of the molecule is CC(C)(C)c1ccc2c(c1)OB(C1Cc3ccccc3C1)O2. The van der Waals surface area contributed by atoms with Crippen LogP contribution in [0.5, 0.6) is 11.5 Å². The highest BCUT2D eigenvalue weighted by Gasteiger charge is 2.43. The molecule has 0 unspecified atom stereocenters.